The molecule has 2 aliphatic carbocycles. The molecule has 0 aromatic heterocycles. The van der Waals surface area contributed by atoms with Crippen LogP contribution in [0.1, 0.15) is 25.7 Å². The van der Waals surface area contributed by atoms with E-state index in [2.05, 4.69) is 5.32 Å². The third-order valence-electron chi connectivity index (χ3n) is 3.42. The predicted molar refractivity (Wildman–Crippen MR) is 64.1 cm³/mol. The van der Waals surface area contributed by atoms with E-state index in [1.54, 1.807) is 4.90 Å². The van der Waals surface area contributed by atoms with Crippen LogP contribution >= 0.6 is 0 Å². The summed E-state index contributed by atoms with van der Waals surface area (Å²) in [4.78, 5) is 24.5. The number of aliphatic carboxylic acids is 1. The van der Waals surface area contributed by atoms with Crippen LogP contribution in [-0.4, -0.2) is 52.9 Å². The van der Waals surface area contributed by atoms with Gasteiger partial charge in [-0.25, -0.2) is 9.59 Å². The van der Waals surface area contributed by atoms with Crippen LogP contribution in [0, 0.1) is 11.8 Å². The van der Waals surface area contributed by atoms with Crippen molar-refractivity contribution >= 4 is 12.0 Å². The number of amides is 2. The zero-order valence-electron chi connectivity index (χ0n) is 10.3. The smallest absolute Gasteiger partial charge is 0.328 e. The van der Waals surface area contributed by atoms with E-state index in [-0.39, 0.29) is 6.03 Å². The van der Waals surface area contributed by atoms with Crippen LogP contribution in [0.25, 0.3) is 0 Å². The highest BCUT2D eigenvalue weighted by molar-refractivity contribution is 5.82. The fourth-order valence-corrected chi connectivity index (χ4v) is 1.89. The minimum absolute atomic E-state index is 0.366. The summed E-state index contributed by atoms with van der Waals surface area (Å²) in [5, 5.41) is 20.1. The van der Waals surface area contributed by atoms with Gasteiger partial charge in [0, 0.05) is 13.1 Å². The SMILES string of the molecule is O=C(O)[C@H](CO)NC(=O)N(CC1CC1)CC1CC1. The predicted octanol–water partition coefficient (Wildman–Crippen LogP) is 0.263. The van der Waals surface area contributed by atoms with E-state index in [1.807, 2.05) is 0 Å². The Bertz CT molecular complexity index is 312. The van der Waals surface area contributed by atoms with Crippen molar-refractivity contribution in [2.24, 2.45) is 11.8 Å². The van der Waals surface area contributed by atoms with Crippen molar-refractivity contribution in [1.29, 1.82) is 0 Å². The van der Waals surface area contributed by atoms with Gasteiger partial charge in [-0.15, -0.1) is 0 Å². The van der Waals surface area contributed by atoms with Crippen molar-refractivity contribution in [3.63, 3.8) is 0 Å². The standard InChI is InChI=1S/C12H20N2O4/c15-7-10(11(16)17)13-12(18)14(5-8-1-2-8)6-9-3-4-9/h8-10,15H,1-7H2,(H,13,18)(H,16,17)/t10-/m0/s1. The molecule has 18 heavy (non-hydrogen) atoms. The lowest BCUT2D eigenvalue weighted by Gasteiger charge is -2.24. The molecule has 0 aliphatic heterocycles. The van der Waals surface area contributed by atoms with Crippen LogP contribution in [0.3, 0.4) is 0 Å². The highest BCUT2D eigenvalue weighted by atomic mass is 16.4. The van der Waals surface area contributed by atoms with Gasteiger partial charge in [0.15, 0.2) is 6.04 Å². The van der Waals surface area contributed by atoms with Gasteiger partial charge in [0.05, 0.1) is 6.61 Å². The van der Waals surface area contributed by atoms with E-state index in [0.29, 0.717) is 24.9 Å². The molecule has 0 spiro atoms. The van der Waals surface area contributed by atoms with Crippen molar-refractivity contribution < 1.29 is 19.8 Å². The molecule has 2 amide bonds. The first-order valence-corrected chi connectivity index (χ1v) is 6.49. The third kappa shape index (κ3) is 3.87. The molecule has 102 valence electrons. The topological polar surface area (TPSA) is 89.9 Å². The Balaban J connectivity index is 1.86. The second kappa shape index (κ2) is 5.56. The van der Waals surface area contributed by atoms with Gasteiger partial charge in [-0.2, -0.15) is 0 Å². The van der Waals surface area contributed by atoms with Gasteiger partial charge in [0.1, 0.15) is 0 Å². The maximum atomic E-state index is 12.0. The Hall–Kier alpha value is -1.30. The number of hydrogen-bond acceptors (Lipinski definition) is 3. The zero-order chi connectivity index (χ0) is 13.1. The first-order valence-electron chi connectivity index (χ1n) is 6.49. The highest BCUT2D eigenvalue weighted by Crippen LogP contribution is 2.33. The number of aliphatic hydroxyl groups excluding tert-OH is 1. The number of nitrogens with zero attached hydrogens (tertiary/aromatic N) is 1. The molecule has 2 aliphatic rings. The quantitative estimate of drug-likeness (QED) is 0.609. The Kier molecular flexibility index (Phi) is 4.06. The van der Waals surface area contributed by atoms with Crippen molar-refractivity contribution in [2.45, 2.75) is 31.7 Å². The van der Waals surface area contributed by atoms with Gasteiger partial charge >= 0.3 is 12.0 Å². The fourth-order valence-electron chi connectivity index (χ4n) is 1.89. The van der Waals surface area contributed by atoms with Crippen LogP contribution in [-0.2, 0) is 4.79 Å². The average Bonchev–Trinajstić information content (AvgIpc) is 3.18. The van der Waals surface area contributed by atoms with E-state index >= 15 is 0 Å². The summed E-state index contributed by atoms with van der Waals surface area (Å²) in [7, 11) is 0. The van der Waals surface area contributed by atoms with E-state index in [4.69, 9.17) is 10.2 Å². The number of nitrogens with one attached hydrogen (secondary N) is 1. The van der Waals surface area contributed by atoms with Crippen LogP contribution in [0.15, 0.2) is 0 Å². The Morgan fingerprint density at radius 3 is 2.00 bits per heavy atom. The molecule has 0 saturated heterocycles. The molecule has 0 unspecified atom stereocenters. The van der Waals surface area contributed by atoms with Crippen LogP contribution in [0.5, 0.6) is 0 Å². The largest absolute Gasteiger partial charge is 0.480 e. The van der Waals surface area contributed by atoms with Crippen molar-refractivity contribution in [3.8, 4) is 0 Å². The lowest BCUT2D eigenvalue weighted by atomic mass is 10.3. The highest BCUT2D eigenvalue weighted by Gasteiger charge is 2.32. The van der Waals surface area contributed by atoms with Gasteiger partial charge in [-0.1, -0.05) is 0 Å². The van der Waals surface area contributed by atoms with Gasteiger partial charge in [0.2, 0.25) is 0 Å². The van der Waals surface area contributed by atoms with E-state index in [1.165, 1.54) is 0 Å². The second-order valence-corrected chi connectivity index (χ2v) is 5.31. The number of carbonyl (C=O) groups is 2. The Morgan fingerprint density at radius 1 is 1.17 bits per heavy atom. The second-order valence-electron chi connectivity index (χ2n) is 5.31. The van der Waals surface area contributed by atoms with Crippen molar-refractivity contribution in [2.75, 3.05) is 19.7 Å². The minimum Gasteiger partial charge on any atom is -0.480 e. The lowest BCUT2D eigenvalue weighted by Crippen LogP contribution is -2.50. The van der Waals surface area contributed by atoms with Gasteiger partial charge in [0.25, 0.3) is 0 Å². The minimum atomic E-state index is -1.21. The number of hydrogen-bond donors (Lipinski definition) is 3. The van der Waals surface area contributed by atoms with Crippen molar-refractivity contribution in [3.05, 3.63) is 0 Å². The van der Waals surface area contributed by atoms with Crippen molar-refractivity contribution in [1.82, 2.24) is 10.2 Å². The van der Waals surface area contributed by atoms with Crippen LogP contribution in [0.2, 0.25) is 0 Å². The summed E-state index contributed by atoms with van der Waals surface area (Å²) in [6, 6.07) is -1.58. The van der Waals surface area contributed by atoms with Gasteiger partial charge in [-0.05, 0) is 37.5 Å². The first-order chi connectivity index (χ1) is 8.60. The summed E-state index contributed by atoms with van der Waals surface area (Å²) >= 11 is 0. The van der Waals surface area contributed by atoms with Crippen LogP contribution < -0.4 is 5.32 Å². The molecular formula is C12H20N2O4. The van der Waals surface area contributed by atoms with E-state index in [9.17, 15) is 9.59 Å². The number of carboxylic acid groups (broad SMARTS) is 1. The Morgan fingerprint density at radius 2 is 1.67 bits per heavy atom. The average molecular weight is 256 g/mol. The maximum absolute atomic E-state index is 12.0. The molecular weight excluding hydrogens is 236 g/mol. The summed E-state index contributed by atoms with van der Waals surface area (Å²) in [6.45, 7) is 0.835. The maximum Gasteiger partial charge on any atom is 0.328 e. The summed E-state index contributed by atoms with van der Waals surface area (Å²) in [5.74, 6) is -0.0533. The molecule has 0 radical (unpaired) electrons. The van der Waals surface area contributed by atoms with E-state index in [0.717, 1.165) is 25.7 Å². The molecule has 2 fully saturated rings. The molecule has 3 N–H and O–H groups in total. The molecule has 0 heterocycles. The molecule has 1 atom stereocenters. The fraction of sp³-hybridized carbons (Fsp3) is 0.833. The van der Waals surface area contributed by atoms with Gasteiger partial charge < -0.3 is 20.4 Å². The third-order valence-corrected chi connectivity index (χ3v) is 3.42. The number of carbonyl (C=O) groups excluding carboxylic acids is 1. The zero-order valence-corrected chi connectivity index (χ0v) is 10.3. The monoisotopic (exact) mass is 256 g/mol. The molecule has 2 rings (SSSR count). The number of aliphatic hydroxyl groups is 1. The lowest BCUT2D eigenvalue weighted by molar-refractivity contribution is -0.140. The number of rotatable bonds is 7. The van der Waals surface area contributed by atoms with Crippen LogP contribution in [0.4, 0.5) is 4.79 Å². The number of carboxylic acids is 1. The normalized spacial score (nSPS) is 20.3. The molecule has 2 saturated carbocycles. The summed E-state index contributed by atoms with van der Waals surface area (Å²) in [6.07, 6.45) is 4.60. The molecule has 6 nitrogen and oxygen atoms in total. The molecule has 0 bridgehead atoms. The Labute approximate surface area is 106 Å². The summed E-state index contributed by atoms with van der Waals surface area (Å²) < 4.78 is 0. The first kappa shape index (κ1) is 13.1. The molecule has 0 aromatic carbocycles. The number of urea groups is 1. The molecule has 0 aromatic rings. The molecule has 6 heteroatoms. The van der Waals surface area contributed by atoms with E-state index < -0.39 is 18.6 Å². The van der Waals surface area contributed by atoms with Gasteiger partial charge in [-0.3, -0.25) is 0 Å². The summed E-state index contributed by atoms with van der Waals surface area (Å²) in [5.41, 5.74) is 0.